The lowest BCUT2D eigenvalue weighted by molar-refractivity contribution is 0.0776. The Labute approximate surface area is 101 Å². The van der Waals surface area contributed by atoms with Gasteiger partial charge in [0.05, 0.1) is 22.2 Å². The third-order valence-electron chi connectivity index (χ3n) is 3.05. The molecule has 1 aromatic rings. The number of rotatable bonds is 4. The summed E-state index contributed by atoms with van der Waals surface area (Å²) in [5.41, 5.74) is 1.13. The van der Waals surface area contributed by atoms with E-state index in [4.69, 9.17) is 4.74 Å². The fourth-order valence-corrected chi connectivity index (χ4v) is 2.95. The molecule has 0 spiro atoms. The molecule has 2 rings (SSSR count). The van der Waals surface area contributed by atoms with Gasteiger partial charge >= 0.3 is 0 Å². The van der Waals surface area contributed by atoms with Crippen molar-refractivity contribution in [3.63, 3.8) is 0 Å². The first-order chi connectivity index (χ1) is 7.75. The number of nitrogens with one attached hydrogen (secondary N) is 1. The Balaban J connectivity index is 1.73. The molecule has 2 heterocycles. The van der Waals surface area contributed by atoms with Gasteiger partial charge in [0.1, 0.15) is 0 Å². The molecule has 0 saturated carbocycles. The average Bonchev–Trinajstić information content (AvgIpc) is 2.59. The molecule has 1 aromatic heterocycles. The second kappa shape index (κ2) is 5.75. The van der Waals surface area contributed by atoms with Crippen LogP contribution >= 0.6 is 11.3 Å². The Morgan fingerprint density at radius 2 is 2.12 bits per heavy atom. The second-order valence-corrected chi connectivity index (χ2v) is 5.74. The highest BCUT2D eigenvalue weighted by molar-refractivity contribution is 7.11. The molecule has 1 fully saturated rings. The summed E-state index contributed by atoms with van der Waals surface area (Å²) in [6.07, 6.45) is 2.50. The van der Waals surface area contributed by atoms with Gasteiger partial charge in [0.15, 0.2) is 0 Å². The van der Waals surface area contributed by atoms with Crippen LogP contribution in [0, 0.1) is 19.8 Å². The molecule has 3 nitrogen and oxygen atoms in total. The van der Waals surface area contributed by atoms with Gasteiger partial charge in [-0.25, -0.2) is 4.98 Å². The van der Waals surface area contributed by atoms with Crippen LogP contribution in [0.25, 0.3) is 0 Å². The summed E-state index contributed by atoms with van der Waals surface area (Å²) < 4.78 is 5.80. The van der Waals surface area contributed by atoms with Gasteiger partial charge in [0, 0.05) is 6.61 Å². The fraction of sp³-hybridized carbons (Fsp3) is 0.750. The molecule has 0 aliphatic carbocycles. The average molecular weight is 240 g/mol. The van der Waals surface area contributed by atoms with E-state index in [-0.39, 0.29) is 0 Å². The quantitative estimate of drug-likeness (QED) is 0.876. The summed E-state index contributed by atoms with van der Waals surface area (Å²) >= 11 is 1.75. The number of nitrogens with zero attached hydrogens (tertiary/aromatic N) is 1. The van der Waals surface area contributed by atoms with Crippen molar-refractivity contribution >= 4 is 11.3 Å². The van der Waals surface area contributed by atoms with Crippen LogP contribution in [-0.2, 0) is 11.3 Å². The highest BCUT2D eigenvalue weighted by Gasteiger charge is 2.13. The zero-order chi connectivity index (χ0) is 11.4. The van der Waals surface area contributed by atoms with E-state index >= 15 is 0 Å². The summed E-state index contributed by atoms with van der Waals surface area (Å²) in [4.78, 5) is 5.69. The van der Waals surface area contributed by atoms with E-state index in [1.807, 2.05) is 6.92 Å². The Kier molecular flexibility index (Phi) is 4.32. The van der Waals surface area contributed by atoms with Crippen LogP contribution in [0.3, 0.4) is 0 Å². The molecule has 1 aliphatic rings. The van der Waals surface area contributed by atoms with Crippen LogP contribution in [-0.4, -0.2) is 24.7 Å². The maximum Gasteiger partial charge on any atom is 0.0900 e. The normalized spacial score (nSPS) is 17.9. The Morgan fingerprint density at radius 3 is 2.75 bits per heavy atom. The van der Waals surface area contributed by atoms with Crippen molar-refractivity contribution < 1.29 is 4.74 Å². The van der Waals surface area contributed by atoms with E-state index in [1.165, 1.54) is 17.7 Å². The Bertz CT molecular complexity index is 332. The van der Waals surface area contributed by atoms with Crippen molar-refractivity contribution in [1.82, 2.24) is 10.3 Å². The van der Waals surface area contributed by atoms with Gasteiger partial charge in [-0.05, 0) is 45.7 Å². The molecule has 0 amide bonds. The molecule has 0 atom stereocenters. The van der Waals surface area contributed by atoms with Crippen molar-refractivity contribution in [1.29, 1.82) is 0 Å². The van der Waals surface area contributed by atoms with Gasteiger partial charge in [0.25, 0.3) is 0 Å². The summed E-state index contributed by atoms with van der Waals surface area (Å²) in [6, 6.07) is 0. The van der Waals surface area contributed by atoms with Crippen LogP contribution in [0.4, 0.5) is 0 Å². The maximum absolute atomic E-state index is 5.80. The van der Waals surface area contributed by atoms with Crippen molar-refractivity contribution in [2.24, 2.45) is 5.92 Å². The van der Waals surface area contributed by atoms with E-state index in [0.29, 0.717) is 0 Å². The minimum Gasteiger partial charge on any atom is -0.376 e. The Morgan fingerprint density at radius 1 is 1.38 bits per heavy atom. The topological polar surface area (TPSA) is 34.1 Å². The highest BCUT2D eigenvalue weighted by atomic mass is 32.1. The van der Waals surface area contributed by atoms with Crippen LogP contribution in [0.15, 0.2) is 0 Å². The van der Waals surface area contributed by atoms with Crippen molar-refractivity contribution in [3.8, 4) is 0 Å². The zero-order valence-electron chi connectivity index (χ0n) is 10.1. The summed E-state index contributed by atoms with van der Waals surface area (Å²) in [6.45, 7) is 8.04. The largest absolute Gasteiger partial charge is 0.376 e. The molecular weight excluding hydrogens is 220 g/mol. The van der Waals surface area contributed by atoms with Gasteiger partial charge in [0.2, 0.25) is 0 Å². The third kappa shape index (κ3) is 3.27. The zero-order valence-corrected chi connectivity index (χ0v) is 10.9. The number of hydrogen-bond donors (Lipinski definition) is 1. The molecule has 4 heteroatoms. The molecular formula is C12H20N2OS. The van der Waals surface area contributed by atoms with E-state index in [0.717, 1.165) is 42.9 Å². The molecule has 1 aliphatic heterocycles. The van der Waals surface area contributed by atoms with Gasteiger partial charge < -0.3 is 10.1 Å². The molecule has 0 radical (unpaired) electrons. The number of hydrogen-bond acceptors (Lipinski definition) is 4. The van der Waals surface area contributed by atoms with E-state index in [9.17, 15) is 0 Å². The molecule has 0 aromatic carbocycles. The van der Waals surface area contributed by atoms with Gasteiger partial charge in [-0.2, -0.15) is 0 Å². The lowest BCUT2D eigenvalue weighted by Crippen LogP contribution is -2.29. The third-order valence-corrected chi connectivity index (χ3v) is 4.09. The van der Waals surface area contributed by atoms with Crippen molar-refractivity contribution in [2.75, 3.05) is 19.7 Å². The van der Waals surface area contributed by atoms with E-state index < -0.39 is 0 Å². The monoisotopic (exact) mass is 240 g/mol. The number of aromatic nitrogens is 1. The summed E-state index contributed by atoms with van der Waals surface area (Å²) in [5, 5.41) is 4.51. The molecule has 16 heavy (non-hydrogen) atoms. The lowest BCUT2D eigenvalue weighted by atomic mass is 9.99. The number of thiazole rings is 1. The minimum atomic E-state index is 0.737. The van der Waals surface area contributed by atoms with Crippen LogP contribution < -0.4 is 5.32 Å². The SMILES string of the molecule is Cc1nc(C)c(COCC2CCNCC2)s1. The van der Waals surface area contributed by atoms with E-state index in [2.05, 4.69) is 17.2 Å². The van der Waals surface area contributed by atoms with Gasteiger partial charge in [-0.1, -0.05) is 0 Å². The number of ether oxygens (including phenoxy) is 1. The van der Waals surface area contributed by atoms with Gasteiger partial charge in [-0.15, -0.1) is 11.3 Å². The first kappa shape index (κ1) is 12.0. The smallest absolute Gasteiger partial charge is 0.0900 e. The second-order valence-electron chi connectivity index (χ2n) is 4.45. The maximum atomic E-state index is 5.80. The molecule has 1 N–H and O–H groups in total. The summed E-state index contributed by atoms with van der Waals surface area (Å²) in [5.74, 6) is 0.746. The van der Waals surface area contributed by atoms with Crippen LogP contribution in [0.2, 0.25) is 0 Å². The first-order valence-electron chi connectivity index (χ1n) is 5.97. The van der Waals surface area contributed by atoms with Crippen molar-refractivity contribution in [2.45, 2.75) is 33.3 Å². The molecule has 0 unspecified atom stereocenters. The predicted molar refractivity (Wildman–Crippen MR) is 66.8 cm³/mol. The molecule has 90 valence electrons. The first-order valence-corrected chi connectivity index (χ1v) is 6.78. The number of piperidine rings is 1. The van der Waals surface area contributed by atoms with Crippen LogP contribution in [0.1, 0.15) is 28.4 Å². The molecule has 0 bridgehead atoms. The highest BCUT2D eigenvalue weighted by Crippen LogP contribution is 2.19. The molecule has 1 saturated heterocycles. The summed E-state index contributed by atoms with van der Waals surface area (Å²) in [7, 11) is 0. The number of aryl methyl sites for hydroxylation is 2. The van der Waals surface area contributed by atoms with Crippen molar-refractivity contribution in [3.05, 3.63) is 15.6 Å². The minimum absolute atomic E-state index is 0.737. The standard InChI is InChI=1S/C12H20N2OS/c1-9-12(16-10(2)14-9)8-15-7-11-3-5-13-6-4-11/h11,13H,3-8H2,1-2H3. The Hall–Kier alpha value is -0.450. The van der Waals surface area contributed by atoms with Crippen LogP contribution in [0.5, 0.6) is 0 Å². The van der Waals surface area contributed by atoms with E-state index in [1.54, 1.807) is 11.3 Å². The van der Waals surface area contributed by atoms with Gasteiger partial charge in [-0.3, -0.25) is 0 Å². The lowest BCUT2D eigenvalue weighted by Gasteiger charge is -2.22. The fourth-order valence-electron chi connectivity index (χ4n) is 2.07. The predicted octanol–water partition coefficient (Wildman–Crippen LogP) is 2.28.